The van der Waals surface area contributed by atoms with Gasteiger partial charge in [-0.2, -0.15) is 0 Å². The van der Waals surface area contributed by atoms with E-state index in [1.807, 2.05) is 0 Å². The van der Waals surface area contributed by atoms with Gasteiger partial charge in [0.05, 0.1) is 6.04 Å². The monoisotopic (exact) mass is 279 g/mol. The average Bonchev–Trinajstić information content (AvgIpc) is 3.05. The normalized spacial score (nSPS) is 36.7. The van der Waals surface area contributed by atoms with Crippen LogP contribution < -0.4 is 5.32 Å². The largest absolute Gasteiger partial charge is 0.338 e. The number of nitrogens with one attached hydrogen (secondary N) is 1. The van der Waals surface area contributed by atoms with Crippen LogP contribution in [-0.4, -0.2) is 60.0 Å². The van der Waals surface area contributed by atoms with E-state index in [9.17, 15) is 4.79 Å². The van der Waals surface area contributed by atoms with Crippen LogP contribution in [0.5, 0.6) is 0 Å². The molecule has 0 aromatic rings. The van der Waals surface area contributed by atoms with E-state index in [2.05, 4.69) is 29.0 Å². The predicted molar refractivity (Wildman–Crippen MR) is 80.6 cm³/mol. The molecule has 0 saturated carbocycles. The van der Waals surface area contributed by atoms with Crippen molar-refractivity contribution in [1.82, 2.24) is 15.1 Å². The summed E-state index contributed by atoms with van der Waals surface area (Å²) in [7, 11) is 0. The van der Waals surface area contributed by atoms with Crippen LogP contribution in [0.4, 0.5) is 0 Å². The number of likely N-dealkylation sites (tertiary alicyclic amines) is 2. The maximum atomic E-state index is 12.9. The molecule has 3 aliphatic heterocycles. The number of rotatable bonds is 2. The van der Waals surface area contributed by atoms with Crippen molar-refractivity contribution in [3.8, 4) is 0 Å². The van der Waals surface area contributed by atoms with Gasteiger partial charge in [0.25, 0.3) is 0 Å². The van der Waals surface area contributed by atoms with Gasteiger partial charge in [0.1, 0.15) is 0 Å². The Bertz CT molecular complexity index is 354. The zero-order chi connectivity index (χ0) is 14.1. The molecule has 3 saturated heterocycles. The van der Waals surface area contributed by atoms with E-state index in [1.165, 1.54) is 25.7 Å². The summed E-state index contributed by atoms with van der Waals surface area (Å²) >= 11 is 0. The summed E-state index contributed by atoms with van der Waals surface area (Å²) in [6.07, 6.45) is 5.84. The summed E-state index contributed by atoms with van der Waals surface area (Å²) in [4.78, 5) is 17.6. The standard InChI is InChI=1S/C16H29N3O/c1-12-10-13(2)19(11-12)16(20)15-4-3-9-18(15)14-5-7-17-8-6-14/h12-15,17H,3-11H2,1-2H3. The second kappa shape index (κ2) is 6.02. The topological polar surface area (TPSA) is 35.6 Å². The Labute approximate surface area is 122 Å². The minimum Gasteiger partial charge on any atom is -0.338 e. The van der Waals surface area contributed by atoms with Crippen LogP contribution in [0, 0.1) is 5.92 Å². The number of amides is 1. The van der Waals surface area contributed by atoms with E-state index in [4.69, 9.17) is 0 Å². The summed E-state index contributed by atoms with van der Waals surface area (Å²) in [5, 5.41) is 3.43. The van der Waals surface area contributed by atoms with Crippen molar-refractivity contribution in [2.75, 3.05) is 26.2 Å². The zero-order valence-corrected chi connectivity index (χ0v) is 13.0. The highest BCUT2D eigenvalue weighted by Gasteiger charge is 2.40. The highest BCUT2D eigenvalue weighted by molar-refractivity contribution is 5.82. The Hall–Kier alpha value is -0.610. The van der Waals surface area contributed by atoms with Crippen LogP contribution >= 0.6 is 0 Å². The molecule has 0 bridgehead atoms. The number of hydrogen-bond acceptors (Lipinski definition) is 3. The van der Waals surface area contributed by atoms with Crippen molar-refractivity contribution in [3.05, 3.63) is 0 Å². The van der Waals surface area contributed by atoms with E-state index >= 15 is 0 Å². The van der Waals surface area contributed by atoms with Gasteiger partial charge in [-0.05, 0) is 64.6 Å². The van der Waals surface area contributed by atoms with Gasteiger partial charge in [0, 0.05) is 18.6 Å². The second-order valence-corrected chi connectivity index (χ2v) is 7.06. The summed E-state index contributed by atoms with van der Waals surface area (Å²) in [6, 6.07) is 1.24. The summed E-state index contributed by atoms with van der Waals surface area (Å²) in [5.74, 6) is 1.08. The Kier molecular flexibility index (Phi) is 4.32. The van der Waals surface area contributed by atoms with Crippen LogP contribution in [0.2, 0.25) is 0 Å². The van der Waals surface area contributed by atoms with E-state index in [-0.39, 0.29) is 6.04 Å². The van der Waals surface area contributed by atoms with Gasteiger partial charge in [0.2, 0.25) is 5.91 Å². The van der Waals surface area contributed by atoms with Gasteiger partial charge in [-0.1, -0.05) is 6.92 Å². The van der Waals surface area contributed by atoms with Crippen LogP contribution in [0.25, 0.3) is 0 Å². The van der Waals surface area contributed by atoms with Crippen LogP contribution in [-0.2, 0) is 4.79 Å². The molecule has 3 atom stereocenters. The Morgan fingerprint density at radius 1 is 1.15 bits per heavy atom. The van der Waals surface area contributed by atoms with Crippen molar-refractivity contribution in [2.24, 2.45) is 5.92 Å². The van der Waals surface area contributed by atoms with Gasteiger partial charge in [-0.15, -0.1) is 0 Å². The van der Waals surface area contributed by atoms with E-state index < -0.39 is 0 Å². The fourth-order valence-corrected chi connectivity index (χ4v) is 4.43. The Balaban J connectivity index is 1.66. The molecule has 0 radical (unpaired) electrons. The molecule has 3 heterocycles. The predicted octanol–water partition coefficient (Wildman–Crippen LogP) is 1.46. The van der Waals surface area contributed by atoms with Gasteiger partial charge in [0.15, 0.2) is 0 Å². The molecule has 1 amide bonds. The lowest BCUT2D eigenvalue weighted by molar-refractivity contribution is -0.137. The fourth-order valence-electron chi connectivity index (χ4n) is 4.43. The molecule has 1 N–H and O–H groups in total. The molecule has 3 unspecified atom stereocenters. The number of carbonyl (C=O) groups excluding carboxylic acids is 1. The summed E-state index contributed by atoms with van der Waals surface area (Å²) in [5.41, 5.74) is 0. The third-order valence-corrected chi connectivity index (χ3v) is 5.42. The summed E-state index contributed by atoms with van der Waals surface area (Å²) in [6.45, 7) is 8.79. The smallest absolute Gasteiger partial charge is 0.240 e. The molecule has 3 aliphatic rings. The summed E-state index contributed by atoms with van der Waals surface area (Å²) < 4.78 is 0. The molecule has 114 valence electrons. The maximum Gasteiger partial charge on any atom is 0.240 e. The minimum atomic E-state index is 0.172. The minimum absolute atomic E-state index is 0.172. The molecular weight excluding hydrogens is 250 g/mol. The zero-order valence-electron chi connectivity index (χ0n) is 13.0. The molecule has 20 heavy (non-hydrogen) atoms. The highest BCUT2D eigenvalue weighted by Crippen LogP contribution is 2.29. The molecule has 3 rings (SSSR count). The van der Waals surface area contributed by atoms with Crippen molar-refractivity contribution in [1.29, 1.82) is 0 Å². The molecular formula is C16H29N3O. The van der Waals surface area contributed by atoms with Crippen molar-refractivity contribution < 1.29 is 4.79 Å². The van der Waals surface area contributed by atoms with E-state index in [1.54, 1.807) is 0 Å². The van der Waals surface area contributed by atoms with Crippen LogP contribution in [0.3, 0.4) is 0 Å². The molecule has 0 aromatic heterocycles. The van der Waals surface area contributed by atoms with Crippen molar-refractivity contribution in [3.63, 3.8) is 0 Å². The maximum absolute atomic E-state index is 12.9. The number of piperidine rings is 1. The number of nitrogens with zero attached hydrogens (tertiary/aromatic N) is 2. The molecule has 0 aromatic carbocycles. The lowest BCUT2D eigenvalue weighted by Crippen LogP contribution is -2.52. The van der Waals surface area contributed by atoms with Gasteiger partial charge >= 0.3 is 0 Å². The Morgan fingerprint density at radius 2 is 1.90 bits per heavy atom. The second-order valence-electron chi connectivity index (χ2n) is 7.06. The molecule has 0 spiro atoms. The van der Waals surface area contributed by atoms with Gasteiger partial charge < -0.3 is 10.2 Å². The first-order valence-electron chi connectivity index (χ1n) is 8.43. The van der Waals surface area contributed by atoms with Crippen molar-refractivity contribution >= 4 is 5.91 Å². The molecule has 0 aliphatic carbocycles. The van der Waals surface area contributed by atoms with Gasteiger partial charge in [-0.3, -0.25) is 9.69 Å². The van der Waals surface area contributed by atoms with Crippen LogP contribution in [0.15, 0.2) is 0 Å². The van der Waals surface area contributed by atoms with E-state index in [0.717, 1.165) is 32.6 Å². The molecule has 4 heteroatoms. The number of carbonyl (C=O) groups is 1. The molecule has 4 nitrogen and oxygen atoms in total. The van der Waals surface area contributed by atoms with Crippen LogP contribution in [0.1, 0.15) is 46.0 Å². The lowest BCUT2D eigenvalue weighted by atomic mass is 10.0. The highest BCUT2D eigenvalue weighted by atomic mass is 16.2. The Morgan fingerprint density at radius 3 is 2.55 bits per heavy atom. The first-order valence-corrected chi connectivity index (χ1v) is 8.43. The number of hydrogen-bond donors (Lipinski definition) is 1. The first kappa shape index (κ1) is 14.3. The third kappa shape index (κ3) is 2.73. The molecule has 3 fully saturated rings. The van der Waals surface area contributed by atoms with E-state index in [0.29, 0.717) is 23.9 Å². The van der Waals surface area contributed by atoms with Crippen molar-refractivity contribution in [2.45, 2.75) is 64.1 Å². The quantitative estimate of drug-likeness (QED) is 0.831. The third-order valence-electron chi connectivity index (χ3n) is 5.42. The average molecular weight is 279 g/mol. The lowest BCUT2D eigenvalue weighted by Gasteiger charge is -2.37. The first-order chi connectivity index (χ1) is 9.66. The SMILES string of the molecule is CC1CC(C)N(C(=O)C2CCCN2C2CCNCC2)C1. The van der Waals surface area contributed by atoms with Gasteiger partial charge in [-0.25, -0.2) is 0 Å². The fraction of sp³-hybridized carbons (Fsp3) is 0.938.